The normalized spacial score (nSPS) is 14.8. The van der Waals surface area contributed by atoms with Crippen molar-refractivity contribution < 1.29 is 0 Å². The van der Waals surface area contributed by atoms with Crippen LogP contribution in [0.25, 0.3) is 0 Å². The van der Waals surface area contributed by atoms with E-state index in [1.54, 1.807) is 0 Å². The maximum Gasteiger partial charge on any atom is -0.0326 e. The van der Waals surface area contributed by atoms with Crippen molar-refractivity contribution in [2.24, 2.45) is 11.8 Å². The van der Waals surface area contributed by atoms with Crippen LogP contribution in [0.1, 0.15) is 91.9 Å². The van der Waals surface area contributed by atoms with Crippen LogP contribution in [0.5, 0.6) is 0 Å². The molecule has 0 amide bonds. The Labute approximate surface area is 111 Å². The Morgan fingerprint density at radius 3 is 1.94 bits per heavy atom. The first-order valence-corrected chi connectivity index (χ1v) is 8.09. The van der Waals surface area contributed by atoms with Crippen LogP contribution >= 0.6 is 0 Å². The Balaban J connectivity index is 3.65. The summed E-state index contributed by atoms with van der Waals surface area (Å²) >= 11 is 0. The minimum absolute atomic E-state index is 0.826. The summed E-state index contributed by atoms with van der Waals surface area (Å²) in [5.74, 6) is 1.72. The van der Waals surface area contributed by atoms with Gasteiger partial charge in [-0.15, -0.1) is 0 Å². The second-order valence-corrected chi connectivity index (χ2v) is 5.71. The van der Waals surface area contributed by atoms with Crippen molar-refractivity contribution in [1.29, 1.82) is 0 Å². The molecule has 0 aromatic rings. The summed E-state index contributed by atoms with van der Waals surface area (Å²) in [6, 6.07) is 0. The van der Waals surface area contributed by atoms with Gasteiger partial charge in [0.25, 0.3) is 0 Å². The molecular weight excluding hydrogens is 204 g/mol. The van der Waals surface area contributed by atoms with E-state index in [4.69, 9.17) is 0 Å². The van der Waals surface area contributed by atoms with E-state index in [2.05, 4.69) is 34.1 Å². The molecule has 0 aliphatic rings. The van der Waals surface area contributed by atoms with E-state index >= 15 is 0 Å². The van der Waals surface area contributed by atoms with Gasteiger partial charge in [-0.2, -0.15) is 0 Å². The zero-order chi connectivity index (χ0) is 12.9. The highest BCUT2D eigenvalue weighted by Gasteiger charge is 2.12. The lowest BCUT2D eigenvalue weighted by atomic mass is 9.86. The van der Waals surface area contributed by atoms with Gasteiger partial charge in [-0.1, -0.05) is 91.9 Å². The molecule has 2 atom stereocenters. The number of rotatable bonds is 12. The fourth-order valence-electron chi connectivity index (χ4n) is 2.73. The zero-order valence-corrected chi connectivity index (χ0v) is 12.8. The molecule has 0 bridgehead atoms. The molecule has 0 saturated carbocycles. The largest absolute Gasteiger partial charge is 0.0654 e. The summed E-state index contributed by atoms with van der Waals surface area (Å²) < 4.78 is 0. The third kappa shape index (κ3) is 10.9. The molecule has 0 aliphatic heterocycles. The Hall–Kier alpha value is 0. The second kappa shape index (κ2) is 12.5. The van der Waals surface area contributed by atoms with Gasteiger partial charge in [0, 0.05) is 0 Å². The van der Waals surface area contributed by atoms with E-state index in [9.17, 15) is 0 Å². The highest BCUT2D eigenvalue weighted by Crippen LogP contribution is 2.24. The maximum absolute atomic E-state index is 2.65. The van der Waals surface area contributed by atoms with Crippen LogP contribution in [0.3, 0.4) is 0 Å². The topological polar surface area (TPSA) is 0 Å². The van der Waals surface area contributed by atoms with Crippen molar-refractivity contribution in [2.75, 3.05) is 0 Å². The van der Waals surface area contributed by atoms with Gasteiger partial charge in [0.1, 0.15) is 0 Å². The van der Waals surface area contributed by atoms with E-state index in [1.165, 1.54) is 64.2 Å². The Morgan fingerprint density at radius 1 is 0.706 bits per heavy atom. The van der Waals surface area contributed by atoms with Gasteiger partial charge >= 0.3 is 0 Å². The minimum atomic E-state index is 0.826. The van der Waals surface area contributed by atoms with Crippen LogP contribution in [-0.2, 0) is 0 Å². The molecule has 0 aliphatic carbocycles. The van der Waals surface area contributed by atoms with Gasteiger partial charge in [-0.05, 0) is 18.3 Å². The highest BCUT2D eigenvalue weighted by molar-refractivity contribution is 4.81. The van der Waals surface area contributed by atoms with Crippen LogP contribution in [-0.4, -0.2) is 0 Å². The molecule has 0 saturated heterocycles. The highest BCUT2D eigenvalue weighted by atomic mass is 14.2. The molecule has 17 heavy (non-hydrogen) atoms. The van der Waals surface area contributed by atoms with Gasteiger partial charge in [0.15, 0.2) is 0 Å². The van der Waals surface area contributed by atoms with E-state index in [-0.39, 0.29) is 0 Å². The molecule has 0 heterocycles. The summed E-state index contributed by atoms with van der Waals surface area (Å²) in [5.41, 5.74) is 0. The molecular formula is C17H35. The second-order valence-electron chi connectivity index (χ2n) is 5.71. The lowest BCUT2D eigenvalue weighted by Gasteiger charge is -2.20. The quantitative estimate of drug-likeness (QED) is 0.345. The average Bonchev–Trinajstić information content (AvgIpc) is 2.29. The van der Waals surface area contributed by atoms with E-state index < -0.39 is 0 Å². The fraction of sp³-hybridized carbons (Fsp3) is 0.941. The fourth-order valence-corrected chi connectivity index (χ4v) is 2.73. The molecule has 0 spiro atoms. The maximum atomic E-state index is 2.65. The number of unbranched alkanes of at least 4 members (excludes halogenated alkanes) is 4. The summed E-state index contributed by atoms with van der Waals surface area (Å²) in [7, 11) is 0. The van der Waals surface area contributed by atoms with Gasteiger partial charge < -0.3 is 0 Å². The molecule has 0 heteroatoms. The Kier molecular flexibility index (Phi) is 12.5. The van der Waals surface area contributed by atoms with Crippen molar-refractivity contribution in [3.8, 4) is 0 Å². The van der Waals surface area contributed by atoms with Crippen molar-refractivity contribution in [3.63, 3.8) is 0 Å². The summed E-state index contributed by atoms with van der Waals surface area (Å²) in [6.45, 7) is 9.30. The molecule has 0 aromatic carbocycles. The molecule has 0 N–H and O–H groups in total. The first kappa shape index (κ1) is 17.0. The predicted molar refractivity (Wildman–Crippen MR) is 80.1 cm³/mol. The first-order chi connectivity index (χ1) is 8.24. The van der Waals surface area contributed by atoms with Gasteiger partial charge in [0.05, 0.1) is 0 Å². The van der Waals surface area contributed by atoms with Gasteiger partial charge in [-0.25, -0.2) is 0 Å². The average molecular weight is 239 g/mol. The molecule has 0 nitrogen and oxygen atoms in total. The molecule has 0 rings (SSSR count). The monoisotopic (exact) mass is 239 g/mol. The van der Waals surface area contributed by atoms with Crippen molar-refractivity contribution in [1.82, 2.24) is 0 Å². The van der Waals surface area contributed by atoms with Crippen LogP contribution in [0.4, 0.5) is 0 Å². The summed E-state index contributed by atoms with van der Waals surface area (Å²) in [5, 5.41) is 0. The minimum Gasteiger partial charge on any atom is -0.0654 e. The molecule has 0 aromatic heterocycles. The van der Waals surface area contributed by atoms with E-state index in [0.29, 0.717) is 0 Å². The van der Waals surface area contributed by atoms with Crippen LogP contribution in [0.2, 0.25) is 0 Å². The molecule has 0 fully saturated rings. The summed E-state index contributed by atoms with van der Waals surface area (Å²) in [4.78, 5) is 0. The molecule has 103 valence electrons. The SMILES string of the molecule is CCCCCCCC([CH]C(C)CCC)CCC. The Morgan fingerprint density at radius 2 is 1.35 bits per heavy atom. The number of hydrogen-bond acceptors (Lipinski definition) is 0. The van der Waals surface area contributed by atoms with E-state index in [0.717, 1.165) is 11.8 Å². The zero-order valence-electron chi connectivity index (χ0n) is 12.8. The third-order valence-electron chi connectivity index (χ3n) is 3.68. The third-order valence-corrected chi connectivity index (χ3v) is 3.68. The van der Waals surface area contributed by atoms with Crippen LogP contribution in [0, 0.1) is 18.3 Å². The van der Waals surface area contributed by atoms with Crippen LogP contribution < -0.4 is 0 Å². The molecule has 1 radical (unpaired) electrons. The van der Waals surface area contributed by atoms with Crippen molar-refractivity contribution in [3.05, 3.63) is 6.42 Å². The van der Waals surface area contributed by atoms with Crippen LogP contribution in [0.15, 0.2) is 0 Å². The molecule has 2 unspecified atom stereocenters. The standard InChI is InChI=1S/C17H35/c1-5-8-9-10-11-14-17(13-7-3)15-16(4)12-6-2/h15-17H,5-14H2,1-4H3. The van der Waals surface area contributed by atoms with E-state index in [1.807, 2.05) is 0 Å². The predicted octanol–water partition coefficient (Wildman–Crippen LogP) is 6.40. The van der Waals surface area contributed by atoms with Crippen molar-refractivity contribution >= 4 is 0 Å². The van der Waals surface area contributed by atoms with Gasteiger partial charge in [0.2, 0.25) is 0 Å². The Bertz CT molecular complexity index is 139. The number of hydrogen-bond donors (Lipinski definition) is 0. The summed E-state index contributed by atoms with van der Waals surface area (Å²) in [6.07, 6.45) is 16.6. The lowest BCUT2D eigenvalue weighted by molar-refractivity contribution is 0.415. The smallest absolute Gasteiger partial charge is 0.0326 e. The first-order valence-electron chi connectivity index (χ1n) is 8.09. The van der Waals surface area contributed by atoms with Gasteiger partial charge in [-0.3, -0.25) is 0 Å². The lowest BCUT2D eigenvalue weighted by Crippen LogP contribution is -2.08. The van der Waals surface area contributed by atoms with Crippen molar-refractivity contribution in [2.45, 2.75) is 91.9 Å².